The molecule has 28 heavy (non-hydrogen) atoms. The van der Waals surface area contributed by atoms with Crippen molar-refractivity contribution in [2.45, 2.75) is 44.4 Å². The molecule has 0 aliphatic heterocycles. The number of carbonyl (C=O) groups is 5. The molecule has 0 heterocycles. The minimum absolute atomic E-state index is 0.140. The molecule has 4 atom stereocenters. The summed E-state index contributed by atoms with van der Waals surface area (Å²) in [5.74, 6) is -6.06. The maximum atomic E-state index is 12.4. The average Bonchev–Trinajstić information content (AvgIpc) is 2.61. The first-order chi connectivity index (χ1) is 12.9. The van der Waals surface area contributed by atoms with Crippen LogP contribution in [0.3, 0.4) is 0 Å². The number of rotatable bonds is 12. The zero-order valence-electron chi connectivity index (χ0n) is 15.4. The lowest BCUT2D eigenvalue weighted by Gasteiger charge is -2.26. The smallest absolute Gasteiger partial charge is 0.326 e. The summed E-state index contributed by atoms with van der Waals surface area (Å²) in [6, 6.07) is -5.29. The molecule has 0 saturated carbocycles. The number of nitrogens with one attached hydrogen (secondary N) is 3. The maximum absolute atomic E-state index is 12.4. The Labute approximate surface area is 166 Å². The number of aliphatic hydroxyl groups excluding tert-OH is 1. The van der Waals surface area contributed by atoms with Gasteiger partial charge in [-0.05, 0) is 5.92 Å². The largest absolute Gasteiger partial charge is 0.481 e. The topological polar surface area (TPSA) is 208 Å². The van der Waals surface area contributed by atoms with Crippen molar-refractivity contribution in [3.63, 3.8) is 0 Å². The second-order valence-electron chi connectivity index (χ2n) is 6.26. The molecule has 4 unspecified atom stereocenters. The zero-order chi connectivity index (χ0) is 22.0. The van der Waals surface area contributed by atoms with Crippen molar-refractivity contribution in [2.24, 2.45) is 11.7 Å². The van der Waals surface area contributed by atoms with Gasteiger partial charge in [0.25, 0.3) is 0 Å². The molecular formula is C15H26N4O8S. The van der Waals surface area contributed by atoms with Crippen molar-refractivity contribution in [3.05, 3.63) is 0 Å². The second kappa shape index (κ2) is 12.2. The summed E-state index contributed by atoms with van der Waals surface area (Å²) in [5.41, 5.74) is 5.35. The monoisotopic (exact) mass is 422 g/mol. The number of thiol groups is 1. The van der Waals surface area contributed by atoms with Crippen LogP contribution in [0.15, 0.2) is 0 Å². The maximum Gasteiger partial charge on any atom is 0.326 e. The summed E-state index contributed by atoms with van der Waals surface area (Å²) in [6.07, 6.45) is -0.839. The van der Waals surface area contributed by atoms with Crippen LogP contribution in [0, 0.1) is 5.92 Å². The van der Waals surface area contributed by atoms with Crippen molar-refractivity contribution in [1.29, 1.82) is 0 Å². The predicted molar refractivity (Wildman–Crippen MR) is 99.4 cm³/mol. The lowest BCUT2D eigenvalue weighted by atomic mass is 10.0. The van der Waals surface area contributed by atoms with Crippen molar-refractivity contribution < 1.29 is 39.3 Å². The fraction of sp³-hybridized carbons (Fsp3) is 0.667. The molecule has 0 aromatic heterocycles. The summed E-state index contributed by atoms with van der Waals surface area (Å²) in [4.78, 5) is 58.3. The Hall–Kier alpha value is -2.38. The van der Waals surface area contributed by atoms with E-state index in [2.05, 4.69) is 28.6 Å². The Morgan fingerprint density at radius 1 is 0.929 bits per heavy atom. The Morgan fingerprint density at radius 3 is 1.86 bits per heavy atom. The highest BCUT2D eigenvalue weighted by atomic mass is 32.1. The second-order valence-corrected chi connectivity index (χ2v) is 6.63. The van der Waals surface area contributed by atoms with Gasteiger partial charge in [-0.15, -0.1) is 0 Å². The van der Waals surface area contributed by atoms with Gasteiger partial charge in [0.15, 0.2) is 0 Å². The molecule has 3 amide bonds. The van der Waals surface area contributed by atoms with E-state index in [1.54, 1.807) is 13.8 Å². The van der Waals surface area contributed by atoms with Gasteiger partial charge in [-0.2, -0.15) is 12.6 Å². The summed E-state index contributed by atoms with van der Waals surface area (Å²) in [5, 5.41) is 33.3. The van der Waals surface area contributed by atoms with Crippen LogP contribution in [-0.4, -0.2) is 81.5 Å². The highest BCUT2D eigenvalue weighted by Gasteiger charge is 2.32. The number of hydrogen-bond acceptors (Lipinski definition) is 8. The number of carboxylic acids is 2. The number of aliphatic carboxylic acids is 2. The van der Waals surface area contributed by atoms with Crippen LogP contribution in [-0.2, 0) is 24.0 Å². The molecule has 0 radical (unpaired) electrons. The third-order valence-corrected chi connectivity index (χ3v) is 3.95. The minimum Gasteiger partial charge on any atom is -0.481 e. The predicted octanol–water partition coefficient (Wildman–Crippen LogP) is -3.09. The highest BCUT2D eigenvalue weighted by Crippen LogP contribution is 2.05. The first kappa shape index (κ1) is 25.6. The molecule has 0 aromatic carbocycles. The van der Waals surface area contributed by atoms with Gasteiger partial charge in [0.2, 0.25) is 17.7 Å². The standard InChI is InChI=1S/C15H26N4O8S/c1-6(2)11(14(25)17-8(15(26)27)3-10(21)22)19-13(24)9(5-28)18-12(23)7(16)4-20/h6-9,11,20,28H,3-5,16H2,1-2H3,(H,17,25)(H,18,23)(H,19,24)(H,21,22)(H,26,27). The third-order valence-electron chi connectivity index (χ3n) is 3.59. The van der Waals surface area contributed by atoms with Gasteiger partial charge in [-0.1, -0.05) is 13.8 Å². The van der Waals surface area contributed by atoms with Gasteiger partial charge in [-0.25, -0.2) is 4.79 Å². The highest BCUT2D eigenvalue weighted by molar-refractivity contribution is 7.80. The zero-order valence-corrected chi connectivity index (χ0v) is 16.3. The Morgan fingerprint density at radius 2 is 1.46 bits per heavy atom. The number of carboxylic acid groups (broad SMARTS) is 2. The molecule has 0 aromatic rings. The van der Waals surface area contributed by atoms with Crippen LogP contribution in [0.2, 0.25) is 0 Å². The Balaban J connectivity index is 5.18. The molecule has 13 heteroatoms. The fourth-order valence-corrected chi connectivity index (χ4v) is 2.24. The molecule has 12 nitrogen and oxygen atoms in total. The van der Waals surface area contributed by atoms with E-state index in [1.165, 1.54) is 0 Å². The quantitative estimate of drug-likeness (QED) is 0.150. The van der Waals surface area contributed by atoms with Crippen molar-refractivity contribution >= 4 is 42.3 Å². The Kier molecular flexibility index (Phi) is 11.1. The van der Waals surface area contributed by atoms with E-state index in [9.17, 15) is 24.0 Å². The first-order valence-corrected chi connectivity index (χ1v) is 8.90. The number of carbonyl (C=O) groups excluding carboxylic acids is 3. The van der Waals surface area contributed by atoms with Crippen LogP contribution >= 0.6 is 12.6 Å². The number of aliphatic hydroxyl groups is 1. The van der Waals surface area contributed by atoms with Gasteiger partial charge < -0.3 is 37.0 Å². The van der Waals surface area contributed by atoms with E-state index in [0.29, 0.717) is 0 Å². The SMILES string of the molecule is CC(C)C(NC(=O)C(CS)NC(=O)C(N)CO)C(=O)NC(CC(=O)O)C(=O)O. The van der Waals surface area contributed by atoms with Gasteiger partial charge in [0.1, 0.15) is 24.2 Å². The molecule has 0 saturated heterocycles. The van der Waals surface area contributed by atoms with E-state index in [1.807, 2.05) is 0 Å². The molecule has 0 aliphatic rings. The lowest BCUT2D eigenvalue weighted by molar-refractivity contribution is -0.147. The van der Waals surface area contributed by atoms with E-state index in [-0.39, 0.29) is 5.75 Å². The summed E-state index contributed by atoms with van der Waals surface area (Å²) in [6.45, 7) is 2.52. The summed E-state index contributed by atoms with van der Waals surface area (Å²) >= 11 is 3.95. The molecular weight excluding hydrogens is 396 g/mol. The summed E-state index contributed by atoms with van der Waals surface area (Å²) in [7, 11) is 0. The van der Waals surface area contributed by atoms with E-state index >= 15 is 0 Å². The molecule has 8 N–H and O–H groups in total. The van der Waals surface area contributed by atoms with Crippen molar-refractivity contribution in [1.82, 2.24) is 16.0 Å². The fourth-order valence-electron chi connectivity index (χ4n) is 1.98. The van der Waals surface area contributed by atoms with Crippen molar-refractivity contribution in [2.75, 3.05) is 12.4 Å². The first-order valence-electron chi connectivity index (χ1n) is 8.27. The molecule has 0 fully saturated rings. The van der Waals surface area contributed by atoms with Crippen LogP contribution in [0.5, 0.6) is 0 Å². The van der Waals surface area contributed by atoms with Gasteiger partial charge in [0, 0.05) is 5.75 Å². The lowest BCUT2D eigenvalue weighted by Crippen LogP contribution is -2.59. The van der Waals surface area contributed by atoms with Crippen LogP contribution in [0.25, 0.3) is 0 Å². The van der Waals surface area contributed by atoms with E-state index < -0.39 is 72.8 Å². The van der Waals surface area contributed by atoms with Crippen LogP contribution < -0.4 is 21.7 Å². The van der Waals surface area contributed by atoms with E-state index in [4.69, 9.17) is 21.1 Å². The molecule has 0 aliphatic carbocycles. The normalized spacial score (nSPS) is 15.1. The molecule has 0 bridgehead atoms. The van der Waals surface area contributed by atoms with Crippen LogP contribution in [0.4, 0.5) is 0 Å². The molecule has 160 valence electrons. The summed E-state index contributed by atoms with van der Waals surface area (Å²) < 4.78 is 0. The van der Waals surface area contributed by atoms with Crippen LogP contribution in [0.1, 0.15) is 20.3 Å². The number of nitrogens with two attached hydrogens (primary N) is 1. The average molecular weight is 422 g/mol. The minimum atomic E-state index is -1.67. The Bertz CT molecular complexity index is 601. The molecule has 0 spiro atoms. The van der Waals surface area contributed by atoms with Crippen molar-refractivity contribution in [3.8, 4) is 0 Å². The van der Waals surface area contributed by atoms with Gasteiger partial charge in [0.05, 0.1) is 13.0 Å². The number of hydrogen-bond donors (Lipinski definition) is 8. The number of amides is 3. The molecule has 0 rings (SSSR count). The van der Waals surface area contributed by atoms with Gasteiger partial charge >= 0.3 is 11.9 Å². The van der Waals surface area contributed by atoms with E-state index in [0.717, 1.165) is 0 Å². The van der Waals surface area contributed by atoms with Gasteiger partial charge in [-0.3, -0.25) is 19.2 Å². The third kappa shape index (κ3) is 8.54.